The lowest BCUT2D eigenvalue weighted by molar-refractivity contribution is -0.117. The summed E-state index contributed by atoms with van der Waals surface area (Å²) in [5.41, 5.74) is 13.7. The minimum absolute atomic E-state index is 0.0904. The van der Waals surface area contributed by atoms with Crippen LogP contribution in [0.15, 0.2) is 60.7 Å². The molecule has 0 saturated heterocycles. The van der Waals surface area contributed by atoms with E-state index >= 15 is 0 Å². The number of hydrogen-bond acceptors (Lipinski definition) is 2. The highest BCUT2D eigenvalue weighted by Crippen LogP contribution is 2.41. The standard InChI is InChI=1S/C35H41NO2/c1-5-35(6-2,30-15-14-28(25(3)22-30)18-21-34(38)19-8-7-9-20-34)31-16-17-32(26(4)23-31)29-12-10-27(11-13-29)24-33(36)37/h10-17,22-23,38H,5-9,19-20,24H2,1-4H3,(H2,36,37). The quantitative estimate of drug-likeness (QED) is 0.334. The summed E-state index contributed by atoms with van der Waals surface area (Å²) in [5.74, 6) is 6.18. The van der Waals surface area contributed by atoms with Gasteiger partial charge in [-0.25, -0.2) is 0 Å². The van der Waals surface area contributed by atoms with Crippen LogP contribution in [0.5, 0.6) is 0 Å². The number of carbonyl (C=O) groups is 1. The average Bonchev–Trinajstić information content (AvgIpc) is 2.90. The molecule has 38 heavy (non-hydrogen) atoms. The minimum Gasteiger partial charge on any atom is -0.378 e. The van der Waals surface area contributed by atoms with E-state index < -0.39 is 5.60 Å². The van der Waals surface area contributed by atoms with Crippen LogP contribution in [0.4, 0.5) is 0 Å². The molecule has 1 aliphatic rings. The monoisotopic (exact) mass is 507 g/mol. The number of amides is 1. The number of benzene rings is 3. The molecule has 0 radical (unpaired) electrons. The first-order valence-electron chi connectivity index (χ1n) is 14.0. The van der Waals surface area contributed by atoms with Gasteiger partial charge in [-0.3, -0.25) is 4.79 Å². The third-order valence-electron chi connectivity index (χ3n) is 8.52. The number of nitrogens with two attached hydrogens (primary N) is 1. The van der Waals surface area contributed by atoms with E-state index in [0.29, 0.717) is 0 Å². The second-order valence-corrected chi connectivity index (χ2v) is 11.0. The van der Waals surface area contributed by atoms with Crippen molar-refractivity contribution in [1.29, 1.82) is 0 Å². The first kappa shape index (κ1) is 27.7. The molecule has 0 bridgehead atoms. The summed E-state index contributed by atoms with van der Waals surface area (Å²) >= 11 is 0. The van der Waals surface area contributed by atoms with Crippen LogP contribution in [0.25, 0.3) is 11.1 Å². The largest absolute Gasteiger partial charge is 0.378 e. The summed E-state index contributed by atoms with van der Waals surface area (Å²) in [4.78, 5) is 11.2. The van der Waals surface area contributed by atoms with Crippen molar-refractivity contribution < 1.29 is 9.90 Å². The van der Waals surface area contributed by atoms with Crippen molar-refractivity contribution in [3.63, 3.8) is 0 Å². The van der Waals surface area contributed by atoms with Gasteiger partial charge < -0.3 is 10.8 Å². The molecule has 3 aromatic rings. The molecule has 1 aliphatic carbocycles. The summed E-state index contributed by atoms with van der Waals surface area (Å²) in [6.45, 7) is 8.84. The van der Waals surface area contributed by atoms with Crippen molar-refractivity contribution in [3.8, 4) is 23.0 Å². The van der Waals surface area contributed by atoms with Crippen LogP contribution in [0.2, 0.25) is 0 Å². The number of aliphatic hydroxyl groups is 1. The number of carbonyl (C=O) groups excluding carboxylic acids is 1. The SMILES string of the molecule is CCC(CC)(c1ccc(C#CC2(O)CCCCC2)c(C)c1)c1ccc(-c2ccc(CC(N)=O)cc2)c(C)c1. The maximum Gasteiger partial charge on any atom is 0.221 e. The molecule has 3 aromatic carbocycles. The van der Waals surface area contributed by atoms with Gasteiger partial charge in [0, 0.05) is 11.0 Å². The van der Waals surface area contributed by atoms with Crippen LogP contribution in [0, 0.1) is 25.7 Å². The number of rotatable bonds is 7. The Bertz CT molecular complexity index is 1350. The third kappa shape index (κ3) is 5.87. The molecule has 0 aliphatic heterocycles. The third-order valence-corrected chi connectivity index (χ3v) is 8.52. The highest BCUT2D eigenvalue weighted by Gasteiger charge is 2.31. The Labute approximate surface area is 228 Å². The van der Waals surface area contributed by atoms with E-state index in [1.165, 1.54) is 28.7 Å². The fourth-order valence-electron chi connectivity index (χ4n) is 6.07. The Balaban J connectivity index is 1.64. The second-order valence-electron chi connectivity index (χ2n) is 11.0. The first-order chi connectivity index (χ1) is 18.2. The molecule has 0 unspecified atom stereocenters. The zero-order valence-electron chi connectivity index (χ0n) is 23.4. The van der Waals surface area contributed by atoms with Gasteiger partial charge in [-0.1, -0.05) is 86.7 Å². The Kier molecular flexibility index (Phi) is 8.44. The zero-order chi connectivity index (χ0) is 27.3. The summed E-state index contributed by atoms with van der Waals surface area (Å²) in [6.07, 6.45) is 7.10. The highest BCUT2D eigenvalue weighted by molar-refractivity contribution is 5.77. The topological polar surface area (TPSA) is 63.3 Å². The van der Waals surface area contributed by atoms with Crippen molar-refractivity contribution in [2.75, 3.05) is 0 Å². The zero-order valence-corrected chi connectivity index (χ0v) is 23.4. The Hall–Kier alpha value is -3.35. The normalized spacial score (nSPS) is 15.0. The van der Waals surface area contributed by atoms with Gasteiger partial charge in [0.15, 0.2) is 0 Å². The summed E-state index contributed by atoms with van der Waals surface area (Å²) in [5, 5.41) is 10.8. The molecule has 1 saturated carbocycles. The number of aryl methyl sites for hydroxylation is 2. The molecule has 198 valence electrons. The number of hydrogen-bond donors (Lipinski definition) is 2. The van der Waals surface area contributed by atoms with Gasteiger partial charge in [0.1, 0.15) is 5.60 Å². The molecular weight excluding hydrogens is 466 g/mol. The Morgan fingerprint density at radius 3 is 2.05 bits per heavy atom. The maximum absolute atomic E-state index is 11.2. The molecule has 1 amide bonds. The Morgan fingerprint density at radius 2 is 1.50 bits per heavy atom. The maximum atomic E-state index is 11.2. The average molecular weight is 508 g/mol. The van der Waals surface area contributed by atoms with Gasteiger partial charge in [-0.05, 0) is 97.4 Å². The summed E-state index contributed by atoms with van der Waals surface area (Å²) in [6, 6.07) is 21.6. The second kappa shape index (κ2) is 11.6. The molecule has 0 atom stereocenters. The van der Waals surface area contributed by atoms with Gasteiger partial charge in [-0.2, -0.15) is 0 Å². The van der Waals surface area contributed by atoms with Crippen LogP contribution in [0.3, 0.4) is 0 Å². The first-order valence-corrected chi connectivity index (χ1v) is 14.0. The minimum atomic E-state index is -0.832. The van der Waals surface area contributed by atoms with E-state index in [4.69, 9.17) is 5.73 Å². The molecule has 4 rings (SSSR count). The lowest BCUT2D eigenvalue weighted by Gasteiger charge is -2.34. The van der Waals surface area contributed by atoms with E-state index in [1.54, 1.807) is 0 Å². The molecule has 0 aromatic heterocycles. The van der Waals surface area contributed by atoms with Crippen molar-refractivity contribution in [3.05, 3.63) is 94.0 Å². The predicted octanol–water partition coefficient (Wildman–Crippen LogP) is 7.15. The van der Waals surface area contributed by atoms with Gasteiger partial charge in [0.05, 0.1) is 6.42 Å². The molecule has 0 heterocycles. The molecule has 3 nitrogen and oxygen atoms in total. The fraction of sp³-hybridized carbons (Fsp3) is 0.400. The smallest absolute Gasteiger partial charge is 0.221 e. The van der Waals surface area contributed by atoms with E-state index in [-0.39, 0.29) is 17.7 Å². The molecule has 3 heteroatoms. The Morgan fingerprint density at radius 1 is 0.895 bits per heavy atom. The van der Waals surface area contributed by atoms with Gasteiger partial charge in [-0.15, -0.1) is 0 Å². The summed E-state index contributed by atoms with van der Waals surface area (Å²) in [7, 11) is 0. The van der Waals surface area contributed by atoms with Gasteiger partial charge >= 0.3 is 0 Å². The van der Waals surface area contributed by atoms with Crippen molar-refractivity contribution >= 4 is 5.91 Å². The molecule has 3 N–H and O–H groups in total. The van der Waals surface area contributed by atoms with Gasteiger partial charge in [0.2, 0.25) is 5.91 Å². The van der Waals surface area contributed by atoms with Crippen LogP contribution < -0.4 is 5.73 Å². The van der Waals surface area contributed by atoms with E-state index in [9.17, 15) is 9.90 Å². The summed E-state index contributed by atoms with van der Waals surface area (Å²) < 4.78 is 0. The lowest BCUT2D eigenvalue weighted by Crippen LogP contribution is -2.29. The van der Waals surface area contributed by atoms with Crippen molar-refractivity contribution in [2.45, 2.75) is 90.1 Å². The molecule has 0 spiro atoms. The molecule has 1 fully saturated rings. The van der Waals surface area contributed by atoms with Crippen molar-refractivity contribution in [2.24, 2.45) is 5.73 Å². The number of primary amides is 1. The van der Waals surface area contributed by atoms with Crippen molar-refractivity contribution in [1.82, 2.24) is 0 Å². The van der Waals surface area contributed by atoms with Crippen LogP contribution in [-0.4, -0.2) is 16.6 Å². The van der Waals surface area contributed by atoms with E-state index in [1.807, 2.05) is 12.1 Å². The van der Waals surface area contributed by atoms with E-state index in [2.05, 4.69) is 88.1 Å². The van der Waals surface area contributed by atoms with E-state index in [0.717, 1.165) is 60.8 Å². The highest BCUT2D eigenvalue weighted by atomic mass is 16.3. The lowest BCUT2D eigenvalue weighted by atomic mass is 9.69. The van der Waals surface area contributed by atoms with Crippen LogP contribution in [-0.2, 0) is 16.6 Å². The van der Waals surface area contributed by atoms with Gasteiger partial charge in [0.25, 0.3) is 0 Å². The van der Waals surface area contributed by atoms with Crippen LogP contribution >= 0.6 is 0 Å². The van der Waals surface area contributed by atoms with Crippen LogP contribution in [0.1, 0.15) is 92.2 Å². The fourth-order valence-corrected chi connectivity index (χ4v) is 6.07. The molecular formula is C35H41NO2. The predicted molar refractivity (Wildman–Crippen MR) is 157 cm³/mol.